The molecule has 0 unspecified atom stereocenters. The molecule has 132 valence electrons. The predicted octanol–water partition coefficient (Wildman–Crippen LogP) is 3.81. The Kier molecular flexibility index (Phi) is 5.21. The van der Waals surface area contributed by atoms with Gasteiger partial charge in [0.1, 0.15) is 5.58 Å². The maximum Gasteiger partial charge on any atom is 0.336 e. The molecule has 0 amide bonds. The largest absolute Gasteiger partial charge is 0.423 e. The van der Waals surface area contributed by atoms with Gasteiger partial charge in [-0.1, -0.05) is 30.3 Å². The van der Waals surface area contributed by atoms with Gasteiger partial charge in [0.2, 0.25) is 0 Å². The Labute approximate surface area is 148 Å². The summed E-state index contributed by atoms with van der Waals surface area (Å²) in [5, 5.41) is 10.2. The van der Waals surface area contributed by atoms with E-state index in [2.05, 4.69) is 43.5 Å². The van der Waals surface area contributed by atoms with Gasteiger partial charge in [-0.2, -0.15) is 0 Å². The van der Waals surface area contributed by atoms with Crippen molar-refractivity contribution >= 4 is 21.7 Å². The van der Waals surface area contributed by atoms with Crippen LogP contribution < -0.4 is 16.3 Å². The minimum atomic E-state index is -0.297. The molecule has 0 radical (unpaired) electrons. The van der Waals surface area contributed by atoms with Gasteiger partial charge in [-0.05, 0) is 62.7 Å². The summed E-state index contributed by atoms with van der Waals surface area (Å²) in [6.07, 6.45) is 1.04. The molecule has 25 heavy (non-hydrogen) atoms. The third-order valence-corrected chi connectivity index (χ3v) is 4.22. The van der Waals surface area contributed by atoms with E-state index in [0.717, 1.165) is 41.2 Å². The minimum Gasteiger partial charge on any atom is -0.423 e. The molecule has 3 aromatic rings. The summed E-state index contributed by atoms with van der Waals surface area (Å²) >= 11 is 0. The predicted molar refractivity (Wildman–Crippen MR) is 104 cm³/mol. The Morgan fingerprint density at radius 1 is 1.04 bits per heavy atom. The van der Waals surface area contributed by atoms with Crippen LogP contribution in [0.25, 0.3) is 21.7 Å². The zero-order valence-corrected chi connectivity index (χ0v) is 15.2. The molecule has 0 aliphatic heterocycles. The first-order chi connectivity index (χ1) is 11.9. The first-order valence-electron chi connectivity index (χ1n) is 8.84. The van der Waals surface area contributed by atoms with E-state index in [4.69, 9.17) is 4.42 Å². The number of hydrogen-bond donors (Lipinski definition) is 2. The van der Waals surface area contributed by atoms with Gasteiger partial charge in [-0.25, -0.2) is 4.79 Å². The highest BCUT2D eigenvalue weighted by atomic mass is 16.4. The van der Waals surface area contributed by atoms with Crippen LogP contribution in [0.4, 0.5) is 0 Å². The number of hydrogen-bond acceptors (Lipinski definition) is 4. The molecule has 0 bridgehead atoms. The molecule has 0 atom stereocenters. The fraction of sp³-hybridized carbons (Fsp3) is 0.381. The molecule has 4 nitrogen and oxygen atoms in total. The number of rotatable bonds is 6. The van der Waals surface area contributed by atoms with Gasteiger partial charge in [-0.15, -0.1) is 0 Å². The highest BCUT2D eigenvalue weighted by Crippen LogP contribution is 2.27. The zero-order valence-electron chi connectivity index (χ0n) is 15.2. The van der Waals surface area contributed by atoms with Gasteiger partial charge in [0.15, 0.2) is 0 Å². The van der Waals surface area contributed by atoms with E-state index in [1.54, 1.807) is 6.07 Å². The third-order valence-electron chi connectivity index (χ3n) is 4.22. The summed E-state index contributed by atoms with van der Waals surface area (Å²) in [7, 11) is 0. The van der Waals surface area contributed by atoms with Crippen molar-refractivity contribution in [3.05, 3.63) is 58.4 Å². The topological polar surface area (TPSA) is 54.3 Å². The van der Waals surface area contributed by atoms with Crippen molar-refractivity contribution in [1.29, 1.82) is 0 Å². The normalized spacial score (nSPS) is 12.1. The van der Waals surface area contributed by atoms with Crippen molar-refractivity contribution in [2.24, 2.45) is 0 Å². The molecule has 2 aromatic carbocycles. The van der Waals surface area contributed by atoms with Crippen LogP contribution in [0.5, 0.6) is 0 Å². The Morgan fingerprint density at radius 3 is 2.64 bits per heavy atom. The molecular weight excluding hydrogens is 312 g/mol. The van der Waals surface area contributed by atoms with Crippen molar-refractivity contribution in [3.63, 3.8) is 0 Å². The second-order valence-electron chi connectivity index (χ2n) is 7.46. The van der Waals surface area contributed by atoms with E-state index in [9.17, 15) is 4.79 Å². The monoisotopic (exact) mass is 338 g/mol. The summed E-state index contributed by atoms with van der Waals surface area (Å²) in [5.41, 5.74) is 1.49. The molecular formula is C21H26N2O2. The van der Waals surface area contributed by atoms with Gasteiger partial charge in [-0.3, -0.25) is 0 Å². The second-order valence-corrected chi connectivity index (χ2v) is 7.46. The highest BCUT2D eigenvalue weighted by Gasteiger charge is 2.10. The average molecular weight is 338 g/mol. The smallest absolute Gasteiger partial charge is 0.336 e. The van der Waals surface area contributed by atoms with Gasteiger partial charge >= 0.3 is 5.63 Å². The average Bonchev–Trinajstić information content (AvgIpc) is 2.56. The van der Waals surface area contributed by atoms with E-state index in [1.807, 2.05) is 24.3 Å². The number of benzene rings is 2. The van der Waals surface area contributed by atoms with Crippen LogP contribution in [0.2, 0.25) is 0 Å². The van der Waals surface area contributed by atoms with Crippen LogP contribution in [0.1, 0.15) is 32.8 Å². The summed E-state index contributed by atoms with van der Waals surface area (Å²) in [4.78, 5) is 11.9. The fourth-order valence-corrected chi connectivity index (χ4v) is 3.06. The van der Waals surface area contributed by atoms with Crippen molar-refractivity contribution in [1.82, 2.24) is 10.6 Å². The van der Waals surface area contributed by atoms with E-state index >= 15 is 0 Å². The van der Waals surface area contributed by atoms with Crippen LogP contribution in [0, 0.1) is 0 Å². The SMILES string of the molecule is CC(C)(C)NCCCNCc1cc(=O)oc2ccc3ccccc3c12. The zero-order chi connectivity index (χ0) is 17.9. The van der Waals surface area contributed by atoms with Crippen molar-refractivity contribution in [2.45, 2.75) is 39.3 Å². The first kappa shape index (κ1) is 17.6. The van der Waals surface area contributed by atoms with E-state index < -0.39 is 0 Å². The Hall–Kier alpha value is -2.17. The maximum absolute atomic E-state index is 11.9. The molecule has 0 saturated carbocycles. The van der Waals surface area contributed by atoms with E-state index in [-0.39, 0.29) is 11.2 Å². The summed E-state index contributed by atoms with van der Waals surface area (Å²) < 4.78 is 5.40. The number of fused-ring (bicyclic) bond motifs is 3. The molecule has 0 aliphatic rings. The highest BCUT2D eigenvalue weighted by molar-refractivity contribution is 6.07. The van der Waals surface area contributed by atoms with Gasteiger partial charge in [0.25, 0.3) is 0 Å². The van der Waals surface area contributed by atoms with Gasteiger partial charge in [0, 0.05) is 23.5 Å². The molecule has 3 rings (SSSR count). The Balaban J connectivity index is 1.77. The lowest BCUT2D eigenvalue weighted by molar-refractivity contribution is 0.418. The van der Waals surface area contributed by atoms with Gasteiger partial charge in [0.05, 0.1) is 0 Å². The standard InChI is InChI=1S/C21H26N2O2/c1-21(2,3)23-12-6-11-22-14-16-13-19(24)25-18-10-9-15-7-4-5-8-17(15)20(16)18/h4-5,7-10,13,22-23H,6,11-12,14H2,1-3H3. The molecule has 2 N–H and O–H groups in total. The van der Waals surface area contributed by atoms with Crippen LogP contribution in [-0.2, 0) is 6.54 Å². The Bertz CT molecular complexity index is 922. The van der Waals surface area contributed by atoms with E-state index in [0.29, 0.717) is 12.1 Å². The van der Waals surface area contributed by atoms with E-state index in [1.165, 1.54) is 0 Å². The third kappa shape index (κ3) is 4.47. The van der Waals surface area contributed by atoms with Crippen molar-refractivity contribution in [3.8, 4) is 0 Å². The maximum atomic E-state index is 11.9. The summed E-state index contributed by atoms with van der Waals surface area (Å²) in [6.45, 7) is 9.03. The van der Waals surface area contributed by atoms with Crippen molar-refractivity contribution in [2.75, 3.05) is 13.1 Å². The quantitative estimate of drug-likeness (QED) is 0.408. The molecule has 1 heterocycles. The van der Waals surface area contributed by atoms with Crippen LogP contribution >= 0.6 is 0 Å². The summed E-state index contributed by atoms with van der Waals surface area (Å²) in [5.74, 6) is 0. The molecule has 0 fully saturated rings. The Morgan fingerprint density at radius 2 is 1.84 bits per heavy atom. The molecule has 0 aliphatic carbocycles. The van der Waals surface area contributed by atoms with Crippen LogP contribution in [0.3, 0.4) is 0 Å². The van der Waals surface area contributed by atoms with Gasteiger partial charge < -0.3 is 15.1 Å². The van der Waals surface area contributed by atoms with Crippen molar-refractivity contribution < 1.29 is 4.42 Å². The molecule has 0 spiro atoms. The minimum absolute atomic E-state index is 0.146. The number of nitrogens with one attached hydrogen (secondary N) is 2. The molecule has 4 heteroatoms. The fourth-order valence-electron chi connectivity index (χ4n) is 3.06. The van der Waals surface area contributed by atoms with Crippen LogP contribution in [-0.4, -0.2) is 18.6 Å². The lowest BCUT2D eigenvalue weighted by Gasteiger charge is -2.20. The second kappa shape index (κ2) is 7.38. The van der Waals surface area contributed by atoms with Crippen LogP contribution in [0.15, 0.2) is 51.7 Å². The summed E-state index contributed by atoms with van der Waals surface area (Å²) in [6, 6.07) is 13.7. The molecule has 1 aromatic heterocycles. The first-order valence-corrected chi connectivity index (χ1v) is 8.84. The molecule has 0 saturated heterocycles. The lowest BCUT2D eigenvalue weighted by atomic mass is 10.0. The lowest BCUT2D eigenvalue weighted by Crippen LogP contribution is -2.37.